The molecule has 2 aromatic rings. The molecule has 0 radical (unpaired) electrons. The molecule has 0 bridgehead atoms. The molecule has 1 amide bonds. The first-order valence-corrected chi connectivity index (χ1v) is 7.53. The van der Waals surface area contributed by atoms with Gasteiger partial charge in [-0.3, -0.25) is 4.79 Å². The summed E-state index contributed by atoms with van der Waals surface area (Å²) in [5.74, 6) is 0.700. The Morgan fingerprint density at radius 3 is 2.65 bits per heavy atom. The van der Waals surface area contributed by atoms with Gasteiger partial charge in [-0.25, -0.2) is 0 Å². The summed E-state index contributed by atoms with van der Waals surface area (Å²) in [5, 5.41) is 3.54. The van der Waals surface area contributed by atoms with Crippen LogP contribution in [0.3, 0.4) is 0 Å². The van der Waals surface area contributed by atoms with Crippen molar-refractivity contribution in [3.05, 3.63) is 53.6 Å². The topological polar surface area (TPSA) is 55.1 Å². The number of rotatable bonds is 5. The predicted octanol–water partition coefficient (Wildman–Crippen LogP) is 4.04. The molecule has 0 aliphatic rings. The summed E-state index contributed by atoms with van der Waals surface area (Å²) in [7, 11) is 0. The number of thioether (sulfide) groups is 1. The number of amides is 1. The van der Waals surface area contributed by atoms with Crippen molar-refractivity contribution < 1.29 is 4.79 Å². The maximum atomic E-state index is 11.8. The third-order valence-corrected chi connectivity index (χ3v) is 3.82. The molecule has 0 aliphatic heterocycles. The number of nitrogen functional groups attached to an aromatic ring is 1. The Hall–Kier alpha value is -1.65. The van der Waals surface area contributed by atoms with Gasteiger partial charge in [0.05, 0.1) is 0 Å². The van der Waals surface area contributed by atoms with Crippen molar-refractivity contribution in [2.75, 3.05) is 16.8 Å². The summed E-state index contributed by atoms with van der Waals surface area (Å²) in [6, 6.07) is 14.7. The van der Waals surface area contributed by atoms with Crippen molar-refractivity contribution in [3.63, 3.8) is 0 Å². The average Bonchev–Trinajstić information content (AvgIpc) is 2.41. The summed E-state index contributed by atoms with van der Waals surface area (Å²) in [6.45, 7) is 0. The van der Waals surface area contributed by atoms with E-state index in [4.69, 9.17) is 17.3 Å². The van der Waals surface area contributed by atoms with E-state index in [0.29, 0.717) is 22.9 Å². The lowest BCUT2D eigenvalue weighted by Gasteiger charge is -2.05. The molecule has 0 heterocycles. The Kier molecular flexibility index (Phi) is 5.32. The molecule has 0 aliphatic carbocycles. The Balaban J connectivity index is 1.76. The van der Waals surface area contributed by atoms with Gasteiger partial charge in [0.15, 0.2) is 0 Å². The first-order valence-electron chi connectivity index (χ1n) is 6.17. The largest absolute Gasteiger partial charge is 0.399 e. The fourth-order valence-corrected chi connectivity index (χ4v) is 2.77. The zero-order chi connectivity index (χ0) is 14.4. The van der Waals surface area contributed by atoms with E-state index in [1.165, 1.54) is 0 Å². The van der Waals surface area contributed by atoms with Crippen LogP contribution in [-0.4, -0.2) is 11.7 Å². The van der Waals surface area contributed by atoms with Gasteiger partial charge in [-0.15, -0.1) is 11.8 Å². The van der Waals surface area contributed by atoms with Gasteiger partial charge in [0.25, 0.3) is 0 Å². The third kappa shape index (κ3) is 4.79. The minimum atomic E-state index is -0.00991. The molecule has 3 N–H and O–H groups in total. The molecule has 0 saturated heterocycles. The normalized spacial score (nSPS) is 10.2. The molecule has 0 saturated carbocycles. The van der Waals surface area contributed by atoms with Crippen molar-refractivity contribution in [1.82, 2.24) is 0 Å². The van der Waals surface area contributed by atoms with Crippen LogP contribution in [0.4, 0.5) is 11.4 Å². The second kappa shape index (κ2) is 7.22. The lowest BCUT2D eigenvalue weighted by Crippen LogP contribution is -2.12. The molecule has 0 spiro atoms. The quantitative estimate of drug-likeness (QED) is 0.647. The highest BCUT2D eigenvalue weighted by molar-refractivity contribution is 7.99. The number of carbonyl (C=O) groups is 1. The van der Waals surface area contributed by atoms with Crippen LogP contribution >= 0.6 is 23.4 Å². The first-order chi connectivity index (χ1) is 9.63. The van der Waals surface area contributed by atoms with Crippen LogP contribution in [0.1, 0.15) is 6.42 Å². The number of anilines is 2. The monoisotopic (exact) mass is 306 g/mol. The minimum Gasteiger partial charge on any atom is -0.399 e. The number of hydrogen-bond donors (Lipinski definition) is 2. The fraction of sp³-hybridized carbons (Fsp3) is 0.133. The maximum Gasteiger partial charge on any atom is 0.225 e. The second-order valence-corrected chi connectivity index (χ2v) is 5.83. The highest BCUT2D eigenvalue weighted by Crippen LogP contribution is 2.22. The van der Waals surface area contributed by atoms with Crippen molar-refractivity contribution >= 4 is 40.6 Å². The first kappa shape index (κ1) is 14.8. The number of nitrogens with two attached hydrogens (primary N) is 1. The van der Waals surface area contributed by atoms with Crippen molar-refractivity contribution in [1.29, 1.82) is 0 Å². The van der Waals surface area contributed by atoms with Crippen LogP contribution < -0.4 is 11.1 Å². The van der Waals surface area contributed by atoms with Gasteiger partial charge in [0.1, 0.15) is 0 Å². The van der Waals surface area contributed by atoms with Gasteiger partial charge < -0.3 is 11.1 Å². The van der Waals surface area contributed by atoms with E-state index in [0.717, 1.165) is 10.6 Å². The number of halogens is 1. The summed E-state index contributed by atoms with van der Waals surface area (Å²) in [6.07, 6.45) is 0.446. The highest BCUT2D eigenvalue weighted by atomic mass is 35.5. The summed E-state index contributed by atoms with van der Waals surface area (Å²) < 4.78 is 0. The van der Waals surface area contributed by atoms with E-state index in [-0.39, 0.29) is 5.91 Å². The van der Waals surface area contributed by atoms with Crippen molar-refractivity contribution in [3.8, 4) is 0 Å². The maximum absolute atomic E-state index is 11.8. The third-order valence-electron chi connectivity index (χ3n) is 2.59. The number of nitrogens with one attached hydrogen (secondary N) is 1. The summed E-state index contributed by atoms with van der Waals surface area (Å²) in [5.41, 5.74) is 7.03. The summed E-state index contributed by atoms with van der Waals surface area (Å²) in [4.78, 5) is 12.8. The zero-order valence-corrected chi connectivity index (χ0v) is 12.4. The molecule has 0 atom stereocenters. The van der Waals surface area contributed by atoms with Gasteiger partial charge in [0, 0.05) is 33.5 Å². The van der Waals surface area contributed by atoms with Gasteiger partial charge in [0.2, 0.25) is 5.91 Å². The SMILES string of the molecule is Nc1ccc(NC(=O)CCSc2cccc(Cl)c2)cc1. The molecule has 0 fully saturated rings. The van der Waals surface area contributed by atoms with Gasteiger partial charge in [-0.1, -0.05) is 17.7 Å². The van der Waals surface area contributed by atoms with Gasteiger partial charge >= 0.3 is 0 Å². The molecule has 0 aromatic heterocycles. The van der Waals surface area contributed by atoms with Gasteiger partial charge in [-0.2, -0.15) is 0 Å². The van der Waals surface area contributed by atoms with E-state index in [1.54, 1.807) is 36.0 Å². The van der Waals surface area contributed by atoms with Crippen LogP contribution in [0.15, 0.2) is 53.4 Å². The molecule has 104 valence electrons. The van der Waals surface area contributed by atoms with Crippen molar-refractivity contribution in [2.24, 2.45) is 0 Å². The average molecular weight is 307 g/mol. The number of benzene rings is 2. The Bertz CT molecular complexity index is 587. The van der Waals surface area contributed by atoms with Crippen LogP contribution in [0.25, 0.3) is 0 Å². The molecule has 0 unspecified atom stereocenters. The van der Waals surface area contributed by atoms with Crippen LogP contribution in [0, 0.1) is 0 Å². The summed E-state index contributed by atoms with van der Waals surface area (Å²) >= 11 is 7.51. The Morgan fingerprint density at radius 1 is 1.20 bits per heavy atom. The van der Waals surface area contributed by atoms with E-state index in [9.17, 15) is 4.79 Å². The highest BCUT2D eigenvalue weighted by Gasteiger charge is 2.03. The van der Waals surface area contributed by atoms with Crippen LogP contribution in [0.2, 0.25) is 5.02 Å². The molecular formula is C15H15ClN2OS. The molecule has 5 heteroatoms. The van der Waals surface area contributed by atoms with Crippen molar-refractivity contribution in [2.45, 2.75) is 11.3 Å². The molecule has 2 aromatic carbocycles. The fourth-order valence-electron chi connectivity index (χ4n) is 1.61. The van der Waals surface area contributed by atoms with Crippen LogP contribution in [-0.2, 0) is 4.79 Å². The van der Waals surface area contributed by atoms with E-state index in [2.05, 4.69) is 5.32 Å². The number of hydrogen-bond acceptors (Lipinski definition) is 3. The Labute approximate surface area is 127 Å². The molecule has 20 heavy (non-hydrogen) atoms. The predicted molar refractivity (Wildman–Crippen MR) is 86.3 cm³/mol. The standard InChI is InChI=1S/C15H15ClN2OS/c16-11-2-1-3-14(10-11)20-9-8-15(19)18-13-6-4-12(17)5-7-13/h1-7,10H,8-9,17H2,(H,18,19). The van der Waals surface area contributed by atoms with Gasteiger partial charge in [-0.05, 0) is 42.5 Å². The zero-order valence-electron chi connectivity index (χ0n) is 10.8. The molecule has 2 rings (SSSR count). The van der Waals surface area contributed by atoms with E-state index < -0.39 is 0 Å². The molecule has 3 nitrogen and oxygen atoms in total. The number of carbonyl (C=O) groups excluding carboxylic acids is 1. The lowest BCUT2D eigenvalue weighted by atomic mass is 10.3. The molecular weight excluding hydrogens is 292 g/mol. The lowest BCUT2D eigenvalue weighted by molar-refractivity contribution is -0.115. The second-order valence-electron chi connectivity index (χ2n) is 4.23. The minimum absolute atomic E-state index is 0.00991. The smallest absolute Gasteiger partial charge is 0.225 e. The Morgan fingerprint density at radius 2 is 1.95 bits per heavy atom. The van der Waals surface area contributed by atoms with E-state index in [1.807, 2.05) is 24.3 Å². The van der Waals surface area contributed by atoms with E-state index >= 15 is 0 Å². The van der Waals surface area contributed by atoms with Crippen LogP contribution in [0.5, 0.6) is 0 Å².